The maximum Gasteiger partial charge on any atom is 0.241 e. The van der Waals surface area contributed by atoms with Gasteiger partial charge < -0.3 is 4.90 Å². The number of rotatable bonds is 4. The van der Waals surface area contributed by atoms with Crippen LogP contribution < -0.4 is 5.32 Å². The van der Waals surface area contributed by atoms with Gasteiger partial charge >= 0.3 is 0 Å². The van der Waals surface area contributed by atoms with Gasteiger partial charge in [-0.25, -0.2) is 0 Å². The molecule has 1 saturated heterocycles. The number of carbonyl (C=O) groups excluding carboxylic acids is 1. The van der Waals surface area contributed by atoms with Crippen LogP contribution in [0.4, 0.5) is 0 Å². The number of hydrogen-bond donors (Lipinski definition) is 1. The predicted octanol–water partition coefficient (Wildman–Crippen LogP) is 2.51. The molecule has 0 aromatic heterocycles. The summed E-state index contributed by atoms with van der Waals surface area (Å²) in [7, 11) is 0. The van der Waals surface area contributed by atoms with Crippen molar-refractivity contribution in [3.8, 4) is 0 Å². The SMILES string of the molecule is CC(C)CC1NC(C2CCCC2)N(C2CC2)C1=O. The minimum Gasteiger partial charge on any atom is -0.323 e. The first-order valence-corrected chi connectivity index (χ1v) is 7.75. The van der Waals surface area contributed by atoms with Gasteiger partial charge in [0, 0.05) is 6.04 Å². The third-order valence-corrected chi connectivity index (χ3v) is 4.72. The third-order valence-electron chi connectivity index (χ3n) is 4.72. The Morgan fingerprint density at radius 2 is 1.89 bits per heavy atom. The van der Waals surface area contributed by atoms with E-state index in [9.17, 15) is 4.79 Å². The highest BCUT2D eigenvalue weighted by molar-refractivity contribution is 5.85. The monoisotopic (exact) mass is 250 g/mol. The van der Waals surface area contributed by atoms with E-state index in [4.69, 9.17) is 0 Å². The standard InChI is InChI=1S/C15H26N2O/c1-10(2)9-13-15(18)17(12-7-8-12)14(16-13)11-5-3-4-6-11/h10-14,16H,3-9H2,1-2H3. The maximum atomic E-state index is 12.6. The van der Waals surface area contributed by atoms with Crippen molar-refractivity contribution in [2.24, 2.45) is 11.8 Å². The van der Waals surface area contributed by atoms with E-state index in [1.54, 1.807) is 0 Å². The maximum absolute atomic E-state index is 12.6. The van der Waals surface area contributed by atoms with Crippen LogP contribution in [0, 0.1) is 11.8 Å². The van der Waals surface area contributed by atoms with Gasteiger partial charge in [0.05, 0.1) is 12.2 Å². The zero-order valence-electron chi connectivity index (χ0n) is 11.7. The fourth-order valence-corrected chi connectivity index (χ4v) is 3.71. The molecule has 102 valence electrons. The van der Waals surface area contributed by atoms with Crippen LogP contribution in [0.3, 0.4) is 0 Å². The first kappa shape index (κ1) is 12.5. The summed E-state index contributed by atoms with van der Waals surface area (Å²) in [6.07, 6.45) is 9.12. The van der Waals surface area contributed by atoms with E-state index < -0.39 is 0 Å². The molecule has 0 bridgehead atoms. The predicted molar refractivity (Wildman–Crippen MR) is 72.0 cm³/mol. The minimum atomic E-state index is 0.0937. The summed E-state index contributed by atoms with van der Waals surface area (Å²) in [6.45, 7) is 4.42. The molecule has 0 radical (unpaired) electrons. The van der Waals surface area contributed by atoms with Gasteiger partial charge in [-0.1, -0.05) is 26.7 Å². The van der Waals surface area contributed by atoms with Crippen LogP contribution in [0.5, 0.6) is 0 Å². The molecule has 2 unspecified atom stereocenters. The summed E-state index contributed by atoms with van der Waals surface area (Å²) in [4.78, 5) is 14.8. The van der Waals surface area contributed by atoms with Crippen LogP contribution in [0.15, 0.2) is 0 Å². The Labute approximate surface area is 110 Å². The first-order valence-electron chi connectivity index (χ1n) is 7.75. The Bertz CT molecular complexity index is 318. The van der Waals surface area contributed by atoms with Crippen LogP contribution >= 0.6 is 0 Å². The Morgan fingerprint density at radius 1 is 1.22 bits per heavy atom. The lowest BCUT2D eigenvalue weighted by atomic mass is 10.0. The molecular weight excluding hydrogens is 224 g/mol. The second-order valence-corrected chi connectivity index (χ2v) is 6.81. The molecule has 3 nitrogen and oxygen atoms in total. The van der Waals surface area contributed by atoms with Gasteiger partial charge in [-0.3, -0.25) is 10.1 Å². The van der Waals surface area contributed by atoms with Gasteiger partial charge in [0.1, 0.15) is 0 Å². The van der Waals surface area contributed by atoms with Crippen molar-refractivity contribution in [1.29, 1.82) is 0 Å². The zero-order valence-corrected chi connectivity index (χ0v) is 11.7. The molecule has 2 saturated carbocycles. The van der Waals surface area contributed by atoms with Crippen molar-refractivity contribution < 1.29 is 4.79 Å². The Hall–Kier alpha value is -0.570. The number of carbonyl (C=O) groups is 1. The minimum absolute atomic E-state index is 0.0937. The average molecular weight is 250 g/mol. The second-order valence-electron chi connectivity index (χ2n) is 6.81. The smallest absolute Gasteiger partial charge is 0.241 e. The lowest BCUT2D eigenvalue weighted by Gasteiger charge is -2.28. The zero-order chi connectivity index (χ0) is 12.7. The highest BCUT2D eigenvalue weighted by atomic mass is 16.2. The van der Waals surface area contributed by atoms with E-state index in [1.807, 2.05) is 0 Å². The molecule has 3 heteroatoms. The molecule has 1 aliphatic heterocycles. The Morgan fingerprint density at radius 3 is 2.44 bits per heavy atom. The molecule has 18 heavy (non-hydrogen) atoms. The van der Waals surface area contributed by atoms with E-state index in [2.05, 4.69) is 24.1 Å². The summed E-state index contributed by atoms with van der Waals surface area (Å²) in [5.41, 5.74) is 0. The van der Waals surface area contributed by atoms with E-state index in [0.717, 1.165) is 6.42 Å². The number of nitrogens with zero attached hydrogens (tertiary/aromatic N) is 1. The molecule has 0 spiro atoms. The van der Waals surface area contributed by atoms with Gasteiger partial charge in [-0.2, -0.15) is 0 Å². The summed E-state index contributed by atoms with van der Waals surface area (Å²) < 4.78 is 0. The third kappa shape index (κ3) is 2.29. The van der Waals surface area contributed by atoms with Crippen molar-refractivity contribution in [1.82, 2.24) is 10.2 Å². The topological polar surface area (TPSA) is 32.3 Å². The lowest BCUT2D eigenvalue weighted by molar-refractivity contribution is -0.131. The van der Waals surface area contributed by atoms with Crippen molar-refractivity contribution in [2.75, 3.05) is 0 Å². The molecule has 0 aromatic carbocycles. The van der Waals surface area contributed by atoms with Crippen LogP contribution in [-0.4, -0.2) is 29.1 Å². The molecule has 3 fully saturated rings. The number of amides is 1. The second kappa shape index (κ2) is 4.84. The van der Waals surface area contributed by atoms with Gasteiger partial charge in [0.15, 0.2) is 0 Å². The molecule has 2 aliphatic carbocycles. The molecule has 3 aliphatic rings. The Kier molecular flexibility index (Phi) is 3.35. The number of hydrogen-bond acceptors (Lipinski definition) is 2. The normalized spacial score (nSPS) is 33.9. The largest absolute Gasteiger partial charge is 0.323 e. The number of nitrogens with one attached hydrogen (secondary N) is 1. The summed E-state index contributed by atoms with van der Waals surface area (Å²) in [6, 6.07) is 0.656. The summed E-state index contributed by atoms with van der Waals surface area (Å²) in [5.74, 6) is 1.70. The van der Waals surface area contributed by atoms with Gasteiger partial charge in [0.25, 0.3) is 0 Å². The lowest BCUT2D eigenvalue weighted by Crippen LogP contribution is -2.43. The highest BCUT2D eigenvalue weighted by Crippen LogP contribution is 2.38. The van der Waals surface area contributed by atoms with Crippen molar-refractivity contribution in [3.63, 3.8) is 0 Å². The Balaban J connectivity index is 1.73. The van der Waals surface area contributed by atoms with Crippen molar-refractivity contribution in [2.45, 2.75) is 77.0 Å². The molecule has 2 atom stereocenters. The van der Waals surface area contributed by atoms with Crippen molar-refractivity contribution >= 4 is 5.91 Å². The highest BCUT2D eigenvalue weighted by Gasteiger charge is 2.48. The van der Waals surface area contributed by atoms with Gasteiger partial charge in [0.2, 0.25) is 5.91 Å². The molecule has 1 N–H and O–H groups in total. The fourth-order valence-electron chi connectivity index (χ4n) is 3.71. The van der Waals surface area contributed by atoms with E-state index >= 15 is 0 Å². The average Bonchev–Trinajstić information content (AvgIpc) is 2.89. The van der Waals surface area contributed by atoms with E-state index in [0.29, 0.717) is 30.0 Å². The molecule has 1 heterocycles. The van der Waals surface area contributed by atoms with Gasteiger partial charge in [-0.15, -0.1) is 0 Å². The quantitative estimate of drug-likeness (QED) is 0.831. The van der Waals surface area contributed by atoms with Gasteiger partial charge in [-0.05, 0) is 43.9 Å². The molecule has 0 aromatic rings. The van der Waals surface area contributed by atoms with E-state index in [-0.39, 0.29) is 6.04 Å². The van der Waals surface area contributed by atoms with E-state index in [1.165, 1.54) is 38.5 Å². The first-order chi connectivity index (χ1) is 8.66. The molecule has 3 rings (SSSR count). The van der Waals surface area contributed by atoms with Crippen LogP contribution in [0.25, 0.3) is 0 Å². The molecule has 1 amide bonds. The van der Waals surface area contributed by atoms with Crippen LogP contribution in [-0.2, 0) is 4.79 Å². The summed E-state index contributed by atoms with van der Waals surface area (Å²) in [5, 5.41) is 3.66. The fraction of sp³-hybridized carbons (Fsp3) is 0.933. The molecular formula is C15H26N2O. The summed E-state index contributed by atoms with van der Waals surface area (Å²) >= 11 is 0. The van der Waals surface area contributed by atoms with Crippen LogP contribution in [0.1, 0.15) is 58.8 Å². The van der Waals surface area contributed by atoms with Crippen LogP contribution in [0.2, 0.25) is 0 Å². The van der Waals surface area contributed by atoms with Crippen molar-refractivity contribution in [3.05, 3.63) is 0 Å².